The maximum absolute atomic E-state index is 2.50. The molecule has 0 fully saturated rings. The number of rotatable bonds is 5. The fourth-order valence-corrected chi connectivity index (χ4v) is 3.12. The van der Waals surface area contributed by atoms with E-state index in [0.717, 1.165) is 19.6 Å². The van der Waals surface area contributed by atoms with Gasteiger partial charge in [-0.15, -0.1) is 0 Å². The Labute approximate surface area is 129 Å². The van der Waals surface area contributed by atoms with Gasteiger partial charge in [-0.3, -0.25) is 4.90 Å². The normalized spacial score (nSPS) is 11.1. The fraction of sp³-hybridized carbons (Fsp3) is 0.400. The first-order valence-corrected chi connectivity index (χ1v) is 7.83. The van der Waals surface area contributed by atoms with Gasteiger partial charge in [0.05, 0.1) is 0 Å². The van der Waals surface area contributed by atoms with Gasteiger partial charge >= 0.3 is 0 Å². The topological polar surface area (TPSA) is 3.24 Å². The van der Waals surface area contributed by atoms with Gasteiger partial charge in [0.15, 0.2) is 0 Å². The summed E-state index contributed by atoms with van der Waals surface area (Å²) in [5.74, 6) is 0. The first kappa shape index (κ1) is 15.8. The van der Waals surface area contributed by atoms with Gasteiger partial charge in [-0.2, -0.15) is 0 Å². The Kier molecular flexibility index (Phi) is 5.19. The monoisotopic (exact) mass is 281 g/mol. The predicted octanol–water partition coefficient (Wildman–Crippen LogP) is 4.94. The molecule has 0 N–H and O–H groups in total. The minimum absolute atomic E-state index is 1.02. The van der Waals surface area contributed by atoms with Gasteiger partial charge in [-0.1, -0.05) is 65.6 Å². The quantitative estimate of drug-likeness (QED) is 0.750. The Morgan fingerprint density at radius 2 is 0.952 bits per heavy atom. The number of aryl methyl sites for hydroxylation is 4. The van der Waals surface area contributed by atoms with E-state index in [0.29, 0.717) is 0 Å². The largest absolute Gasteiger partial charge is 0.295 e. The molecule has 0 aromatic heterocycles. The molecule has 1 heteroatoms. The highest BCUT2D eigenvalue weighted by atomic mass is 15.1. The van der Waals surface area contributed by atoms with Crippen LogP contribution in [0.15, 0.2) is 36.4 Å². The molecule has 0 saturated heterocycles. The molecule has 0 aliphatic heterocycles. The smallest absolute Gasteiger partial charge is 0.0237 e. The summed E-state index contributed by atoms with van der Waals surface area (Å²) >= 11 is 0. The Hall–Kier alpha value is -1.60. The second kappa shape index (κ2) is 6.91. The number of benzene rings is 2. The lowest BCUT2D eigenvalue weighted by atomic mass is 10.1. The highest BCUT2D eigenvalue weighted by Gasteiger charge is 2.07. The van der Waals surface area contributed by atoms with Crippen molar-refractivity contribution in [2.45, 2.75) is 47.7 Å². The maximum Gasteiger partial charge on any atom is 0.0237 e. The van der Waals surface area contributed by atoms with Crippen LogP contribution in [0.3, 0.4) is 0 Å². The lowest BCUT2D eigenvalue weighted by molar-refractivity contribution is 0.271. The molecule has 0 unspecified atom stereocenters. The average molecular weight is 281 g/mol. The lowest BCUT2D eigenvalue weighted by Crippen LogP contribution is -2.22. The minimum Gasteiger partial charge on any atom is -0.295 e. The summed E-state index contributed by atoms with van der Waals surface area (Å²) in [4.78, 5) is 2.50. The van der Waals surface area contributed by atoms with Crippen molar-refractivity contribution in [1.82, 2.24) is 4.90 Å². The molecule has 0 aliphatic rings. The summed E-state index contributed by atoms with van der Waals surface area (Å²) in [6.07, 6.45) is 0. The summed E-state index contributed by atoms with van der Waals surface area (Å²) in [5, 5.41) is 0. The molecule has 0 amide bonds. The van der Waals surface area contributed by atoms with E-state index in [1.807, 2.05) is 0 Å². The Bertz CT molecular complexity index is 519. The lowest BCUT2D eigenvalue weighted by Gasteiger charge is -2.21. The van der Waals surface area contributed by atoms with E-state index in [-0.39, 0.29) is 0 Å². The van der Waals surface area contributed by atoms with Crippen molar-refractivity contribution in [2.24, 2.45) is 0 Å². The van der Waals surface area contributed by atoms with E-state index in [2.05, 4.69) is 75.9 Å². The maximum atomic E-state index is 2.50. The van der Waals surface area contributed by atoms with E-state index in [4.69, 9.17) is 0 Å². The molecule has 21 heavy (non-hydrogen) atoms. The molecule has 2 rings (SSSR count). The fourth-order valence-electron chi connectivity index (χ4n) is 3.12. The van der Waals surface area contributed by atoms with E-state index in [9.17, 15) is 0 Å². The molecule has 1 nitrogen and oxygen atoms in total. The molecule has 0 atom stereocenters. The van der Waals surface area contributed by atoms with Crippen LogP contribution in [0, 0.1) is 27.7 Å². The van der Waals surface area contributed by atoms with E-state index in [1.165, 1.54) is 33.4 Å². The molecule has 112 valence electrons. The van der Waals surface area contributed by atoms with Crippen LogP contribution in [0.5, 0.6) is 0 Å². The standard InChI is InChI=1S/C20H27N/c1-6-21(13-19-9-15(2)7-16(3)10-19)14-20-11-17(4)8-18(5)12-20/h7-12H,6,13-14H2,1-5H3. The second-order valence-corrected chi connectivity index (χ2v) is 6.30. The average Bonchev–Trinajstić information content (AvgIpc) is 2.35. The van der Waals surface area contributed by atoms with Crippen LogP contribution < -0.4 is 0 Å². The molecule has 0 saturated carbocycles. The summed E-state index contributed by atoms with van der Waals surface area (Å²) in [6.45, 7) is 14.1. The third kappa shape index (κ3) is 4.71. The SMILES string of the molecule is CCN(Cc1cc(C)cc(C)c1)Cc1cc(C)cc(C)c1. The predicted molar refractivity (Wildman–Crippen MR) is 91.6 cm³/mol. The van der Waals surface area contributed by atoms with Crippen molar-refractivity contribution in [3.63, 3.8) is 0 Å². The summed E-state index contributed by atoms with van der Waals surface area (Å²) in [7, 11) is 0. The van der Waals surface area contributed by atoms with Crippen molar-refractivity contribution >= 4 is 0 Å². The van der Waals surface area contributed by atoms with Crippen LogP contribution in [0.25, 0.3) is 0 Å². The van der Waals surface area contributed by atoms with E-state index >= 15 is 0 Å². The Morgan fingerprint density at radius 3 is 1.24 bits per heavy atom. The first-order chi connectivity index (χ1) is 9.96. The zero-order chi connectivity index (χ0) is 15.4. The Morgan fingerprint density at radius 1 is 0.619 bits per heavy atom. The third-order valence-electron chi connectivity index (χ3n) is 3.82. The van der Waals surface area contributed by atoms with Crippen LogP contribution >= 0.6 is 0 Å². The van der Waals surface area contributed by atoms with Gasteiger partial charge in [0, 0.05) is 13.1 Å². The van der Waals surface area contributed by atoms with Crippen LogP contribution in [-0.4, -0.2) is 11.4 Å². The highest BCUT2D eigenvalue weighted by Crippen LogP contribution is 2.15. The Balaban J connectivity index is 2.12. The van der Waals surface area contributed by atoms with E-state index < -0.39 is 0 Å². The van der Waals surface area contributed by atoms with Gasteiger partial charge in [0.25, 0.3) is 0 Å². The summed E-state index contributed by atoms with van der Waals surface area (Å²) in [5.41, 5.74) is 8.25. The van der Waals surface area contributed by atoms with Crippen molar-refractivity contribution in [1.29, 1.82) is 0 Å². The highest BCUT2D eigenvalue weighted by molar-refractivity contribution is 5.30. The van der Waals surface area contributed by atoms with Crippen LogP contribution in [0.1, 0.15) is 40.3 Å². The molecule has 0 bridgehead atoms. The number of hydrogen-bond donors (Lipinski definition) is 0. The van der Waals surface area contributed by atoms with Gasteiger partial charge in [-0.25, -0.2) is 0 Å². The van der Waals surface area contributed by atoms with Crippen LogP contribution in [0.2, 0.25) is 0 Å². The van der Waals surface area contributed by atoms with Gasteiger partial charge in [0.2, 0.25) is 0 Å². The van der Waals surface area contributed by atoms with Gasteiger partial charge in [-0.05, 0) is 45.4 Å². The van der Waals surface area contributed by atoms with Crippen LogP contribution in [-0.2, 0) is 13.1 Å². The molecule has 0 aliphatic carbocycles. The first-order valence-electron chi connectivity index (χ1n) is 7.83. The molecule has 0 spiro atoms. The van der Waals surface area contributed by atoms with Crippen molar-refractivity contribution in [3.8, 4) is 0 Å². The molecule has 2 aromatic carbocycles. The number of hydrogen-bond acceptors (Lipinski definition) is 1. The molecule has 0 radical (unpaired) electrons. The minimum atomic E-state index is 1.02. The van der Waals surface area contributed by atoms with E-state index in [1.54, 1.807) is 0 Å². The van der Waals surface area contributed by atoms with Crippen LogP contribution in [0.4, 0.5) is 0 Å². The van der Waals surface area contributed by atoms with Gasteiger partial charge < -0.3 is 0 Å². The molecular formula is C20H27N. The van der Waals surface area contributed by atoms with Crippen molar-refractivity contribution in [2.75, 3.05) is 6.54 Å². The summed E-state index contributed by atoms with van der Waals surface area (Å²) < 4.78 is 0. The molecular weight excluding hydrogens is 254 g/mol. The zero-order valence-electron chi connectivity index (χ0n) is 14.0. The zero-order valence-corrected chi connectivity index (χ0v) is 14.0. The summed E-state index contributed by atoms with van der Waals surface area (Å²) in [6, 6.07) is 13.7. The van der Waals surface area contributed by atoms with Crippen molar-refractivity contribution in [3.05, 3.63) is 69.8 Å². The van der Waals surface area contributed by atoms with Crippen molar-refractivity contribution < 1.29 is 0 Å². The molecule has 0 heterocycles. The molecule has 2 aromatic rings. The van der Waals surface area contributed by atoms with Gasteiger partial charge in [0.1, 0.15) is 0 Å². The third-order valence-corrected chi connectivity index (χ3v) is 3.82. The number of nitrogens with zero attached hydrogens (tertiary/aromatic N) is 1. The second-order valence-electron chi connectivity index (χ2n) is 6.30.